The number of nitrogens with one attached hydrogen (secondary N) is 1. The normalized spacial score (nSPS) is 17.6. The molecule has 1 aromatic heterocycles. The third kappa shape index (κ3) is 7.40. The molecule has 0 unspecified atom stereocenters. The second kappa shape index (κ2) is 12.8. The van der Waals surface area contributed by atoms with Gasteiger partial charge in [-0.25, -0.2) is 35.6 Å². The predicted molar refractivity (Wildman–Crippen MR) is 155 cm³/mol. The lowest BCUT2D eigenvalue weighted by Gasteiger charge is -2.23. The van der Waals surface area contributed by atoms with Crippen LogP contribution in [0.5, 0.6) is 0 Å². The Morgan fingerprint density at radius 1 is 0.913 bits per heavy atom. The molecule has 1 aliphatic rings. The summed E-state index contributed by atoms with van der Waals surface area (Å²) >= 11 is 0. The molecule has 2 atom stereocenters. The highest BCUT2D eigenvalue weighted by atomic mass is 32.2. The number of alkyl halides is 4. The molecule has 2 heterocycles. The van der Waals surface area contributed by atoms with E-state index in [1.807, 2.05) is 0 Å². The first kappa shape index (κ1) is 33.1. The molecule has 0 bridgehead atoms. The minimum atomic E-state index is -4.61. The van der Waals surface area contributed by atoms with Crippen molar-refractivity contribution < 1.29 is 43.6 Å². The molecule has 1 amide bonds. The van der Waals surface area contributed by atoms with Crippen molar-refractivity contribution >= 4 is 25.8 Å². The van der Waals surface area contributed by atoms with Crippen LogP contribution in [0.3, 0.4) is 0 Å². The minimum absolute atomic E-state index is 0.0511. The summed E-state index contributed by atoms with van der Waals surface area (Å²) in [6, 6.07) is 15.5. The average molecular weight is 681 g/mol. The van der Waals surface area contributed by atoms with Gasteiger partial charge in [-0.15, -0.1) is 0 Å². The second-order valence-electron chi connectivity index (χ2n) is 10.4. The van der Waals surface area contributed by atoms with Gasteiger partial charge in [-0.3, -0.25) is 4.79 Å². The number of halogens is 5. The highest BCUT2D eigenvalue weighted by Gasteiger charge is 2.44. The average Bonchev–Trinajstić information content (AvgIpc) is 3.42. The third-order valence-corrected chi connectivity index (χ3v) is 10.5. The Kier molecular flexibility index (Phi) is 9.24. The number of nitrogens with zero attached hydrogens (tertiary/aromatic N) is 3. The fourth-order valence-electron chi connectivity index (χ4n) is 4.84. The highest BCUT2D eigenvalue weighted by molar-refractivity contribution is 7.90. The molecule has 0 saturated carbocycles. The summed E-state index contributed by atoms with van der Waals surface area (Å²) in [6.45, 7) is -1.08. The SMILES string of the molecule is O=C(NCc1cc(-c2ccc(C(F)(F)F)cc2)nc(S(=O)(=O)Cc2ccccc2)n1)[C@@H]1C[C@@H](F)CN1S(=O)(=O)c1ccc(F)cc1. The molecule has 1 N–H and O–H groups in total. The number of sulfone groups is 1. The van der Waals surface area contributed by atoms with Crippen LogP contribution in [0.4, 0.5) is 22.0 Å². The molecule has 5 rings (SSSR count). The highest BCUT2D eigenvalue weighted by Crippen LogP contribution is 2.32. The maximum Gasteiger partial charge on any atom is 0.416 e. The standard InChI is InChI=1S/C30H25F5N4O5S2/c31-22-10-12-25(13-11-22)46(43,44)39-17-23(32)14-27(39)28(40)36-16-24-15-26(20-6-8-21(9-7-20)30(33,34)35)38-29(37-24)45(41,42)18-19-4-2-1-3-5-19/h1-13,15,23,27H,14,16-18H2,(H,36,40)/t23-,27+/m1/s1. The number of rotatable bonds is 9. The van der Waals surface area contributed by atoms with Crippen molar-refractivity contribution in [1.29, 1.82) is 0 Å². The van der Waals surface area contributed by atoms with E-state index in [-0.39, 0.29) is 21.8 Å². The van der Waals surface area contributed by atoms with E-state index in [0.717, 1.165) is 48.5 Å². The van der Waals surface area contributed by atoms with E-state index in [0.29, 0.717) is 9.87 Å². The van der Waals surface area contributed by atoms with E-state index < -0.39 is 86.0 Å². The fourth-order valence-corrected chi connectivity index (χ4v) is 7.72. The Morgan fingerprint density at radius 3 is 2.20 bits per heavy atom. The van der Waals surface area contributed by atoms with Crippen LogP contribution in [0.25, 0.3) is 11.3 Å². The Hall–Kier alpha value is -4.28. The van der Waals surface area contributed by atoms with Crippen LogP contribution in [0.15, 0.2) is 95.0 Å². The van der Waals surface area contributed by atoms with E-state index in [2.05, 4.69) is 15.3 Å². The van der Waals surface area contributed by atoms with E-state index >= 15 is 0 Å². The number of amides is 1. The monoisotopic (exact) mass is 680 g/mol. The van der Waals surface area contributed by atoms with Gasteiger partial charge in [0.25, 0.3) is 0 Å². The number of aromatic nitrogens is 2. The summed E-state index contributed by atoms with van der Waals surface area (Å²) < 4.78 is 121. The summed E-state index contributed by atoms with van der Waals surface area (Å²) in [7, 11) is -8.60. The third-order valence-electron chi connectivity index (χ3n) is 7.12. The molecule has 4 aromatic rings. The smallest absolute Gasteiger partial charge is 0.349 e. The van der Waals surface area contributed by atoms with Gasteiger partial charge in [0.2, 0.25) is 30.9 Å². The van der Waals surface area contributed by atoms with Gasteiger partial charge in [0.1, 0.15) is 18.0 Å². The molecule has 3 aromatic carbocycles. The van der Waals surface area contributed by atoms with Gasteiger partial charge in [-0.2, -0.15) is 17.5 Å². The first-order valence-corrected chi connectivity index (χ1v) is 16.7. The van der Waals surface area contributed by atoms with Crippen LogP contribution in [0.1, 0.15) is 23.2 Å². The number of hydrogen-bond donors (Lipinski definition) is 1. The number of benzene rings is 3. The van der Waals surface area contributed by atoms with Gasteiger partial charge in [0, 0.05) is 18.5 Å². The lowest BCUT2D eigenvalue weighted by molar-refractivity contribution is -0.137. The molecule has 16 heteroatoms. The van der Waals surface area contributed by atoms with E-state index in [1.165, 1.54) is 6.07 Å². The molecule has 1 fully saturated rings. The topological polar surface area (TPSA) is 126 Å². The number of carbonyl (C=O) groups excluding carboxylic acids is 1. The number of hydrogen-bond acceptors (Lipinski definition) is 7. The van der Waals surface area contributed by atoms with Gasteiger partial charge in [-0.05, 0) is 48.0 Å². The summed E-state index contributed by atoms with van der Waals surface area (Å²) in [5.74, 6) is -2.09. The summed E-state index contributed by atoms with van der Waals surface area (Å²) in [4.78, 5) is 21.1. The second-order valence-corrected chi connectivity index (χ2v) is 14.2. The molecule has 9 nitrogen and oxygen atoms in total. The zero-order valence-electron chi connectivity index (χ0n) is 23.7. The summed E-state index contributed by atoms with van der Waals surface area (Å²) in [6.07, 6.45) is -6.75. The van der Waals surface area contributed by atoms with Crippen molar-refractivity contribution in [3.8, 4) is 11.3 Å². The van der Waals surface area contributed by atoms with Gasteiger partial charge in [-0.1, -0.05) is 42.5 Å². The van der Waals surface area contributed by atoms with Crippen molar-refractivity contribution in [2.45, 2.75) is 47.2 Å². The summed E-state index contributed by atoms with van der Waals surface area (Å²) in [5, 5.41) is 1.80. The van der Waals surface area contributed by atoms with Crippen molar-refractivity contribution in [2.24, 2.45) is 0 Å². The van der Waals surface area contributed by atoms with Crippen LogP contribution < -0.4 is 5.32 Å². The minimum Gasteiger partial charge on any atom is -0.349 e. The van der Waals surface area contributed by atoms with Gasteiger partial charge in [0.15, 0.2) is 0 Å². The Balaban J connectivity index is 1.44. The lowest BCUT2D eigenvalue weighted by atomic mass is 10.1. The quantitative estimate of drug-likeness (QED) is 0.201. The maximum absolute atomic E-state index is 14.5. The zero-order valence-corrected chi connectivity index (χ0v) is 25.3. The van der Waals surface area contributed by atoms with Gasteiger partial charge < -0.3 is 5.32 Å². The van der Waals surface area contributed by atoms with Crippen LogP contribution in [-0.4, -0.2) is 55.8 Å². The molecule has 46 heavy (non-hydrogen) atoms. The lowest BCUT2D eigenvalue weighted by Crippen LogP contribution is -2.45. The van der Waals surface area contributed by atoms with E-state index in [1.54, 1.807) is 30.3 Å². The van der Waals surface area contributed by atoms with Crippen LogP contribution in [0.2, 0.25) is 0 Å². The zero-order chi connectivity index (χ0) is 33.3. The molecular weight excluding hydrogens is 655 g/mol. The van der Waals surface area contributed by atoms with Gasteiger partial charge in [0.05, 0.1) is 34.1 Å². The van der Waals surface area contributed by atoms with Crippen molar-refractivity contribution in [1.82, 2.24) is 19.6 Å². The van der Waals surface area contributed by atoms with Crippen molar-refractivity contribution in [2.75, 3.05) is 6.54 Å². The first-order valence-electron chi connectivity index (χ1n) is 13.6. The Labute approximate surface area is 261 Å². The maximum atomic E-state index is 14.5. The largest absolute Gasteiger partial charge is 0.416 e. The predicted octanol–water partition coefficient (Wildman–Crippen LogP) is 4.69. The van der Waals surface area contributed by atoms with Crippen molar-refractivity contribution in [3.05, 3.63) is 108 Å². The molecule has 1 saturated heterocycles. The number of sulfonamides is 1. The molecule has 242 valence electrons. The first-order chi connectivity index (χ1) is 21.6. The molecular formula is C30H25F5N4O5S2. The molecule has 1 aliphatic heterocycles. The van der Waals surface area contributed by atoms with Crippen LogP contribution >= 0.6 is 0 Å². The van der Waals surface area contributed by atoms with Crippen molar-refractivity contribution in [3.63, 3.8) is 0 Å². The van der Waals surface area contributed by atoms with Crippen LogP contribution in [0, 0.1) is 5.82 Å². The Bertz CT molecular complexity index is 1940. The number of carbonyl (C=O) groups is 1. The molecule has 0 spiro atoms. The fraction of sp³-hybridized carbons (Fsp3) is 0.233. The van der Waals surface area contributed by atoms with Crippen LogP contribution in [-0.2, 0) is 43.1 Å². The summed E-state index contributed by atoms with van der Waals surface area (Å²) in [5.41, 5.74) is -0.493. The van der Waals surface area contributed by atoms with E-state index in [9.17, 15) is 43.6 Å². The molecule has 0 radical (unpaired) electrons. The van der Waals surface area contributed by atoms with E-state index in [4.69, 9.17) is 0 Å². The Morgan fingerprint density at radius 2 is 1.57 bits per heavy atom. The molecule has 0 aliphatic carbocycles. The van der Waals surface area contributed by atoms with Gasteiger partial charge >= 0.3 is 6.18 Å².